The predicted molar refractivity (Wildman–Crippen MR) is 90.7 cm³/mol. The van der Waals surface area contributed by atoms with Crippen LogP contribution in [0.3, 0.4) is 0 Å². The second-order valence-corrected chi connectivity index (χ2v) is 9.18. The maximum Gasteiger partial charge on any atom is 0.331 e. The summed E-state index contributed by atoms with van der Waals surface area (Å²) in [5.74, 6) is -0.811. The molecule has 0 aromatic rings. The van der Waals surface area contributed by atoms with Crippen LogP contribution in [-0.2, 0) is 24.8 Å². The zero-order valence-corrected chi connectivity index (χ0v) is 15.4. The van der Waals surface area contributed by atoms with E-state index >= 15 is 0 Å². The molecule has 0 radical (unpaired) electrons. The molecule has 0 atom stereocenters. The van der Waals surface area contributed by atoms with Crippen molar-refractivity contribution < 1.29 is 21.6 Å². The fourth-order valence-corrected chi connectivity index (χ4v) is 4.39. The predicted octanol–water partition coefficient (Wildman–Crippen LogP) is 2.45. The second-order valence-electron chi connectivity index (χ2n) is 5.58. The van der Waals surface area contributed by atoms with Crippen LogP contribution in [0.5, 0.6) is 0 Å². The molecule has 0 fully saturated rings. The number of rotatable bonds is 15. The minimum Gasteiger partial charge on any atom is -0.227 e. The number of isocyanates is 1. The van der Waals surface area contributed by atoms with Gasteiger partial charge in [0.1, 0.15) is 5.88 Å². The van der Waals surface area contributed by atoms with E-state index in [4.69, 9.17) is 0 Å². The third-order valence-corrected chi connectivity index (χ3v) is 5.93. The van der Waals surface area contributed by atoms with E-state index in [1.54, 1.807) is 4.72 Å². The van der Waals surface area contributed by atoms with Crippen molar-refractivity contribution in [1.82, 2.24) is 4.72 Å². The van der Waals surface area contributed by atoms with E-state index in [0.717, 1.165) is 25.3 Å². The smallest absolute Gasteiger partial charge is 0.227 e. The van der Waals surface area contributed by atoms with Crippen molar-refractivity contribution in [2.24, 2.45) is 4.40 Å². The zero-order chi connectivity index (χ0) is 17.6. The molecule has 0 bridgehead atoms. The van der Waals surface area contributed by atoms with Gasteiger partial charge in [0.2, 0.25) is 0 Å². The van der Waals surface area contributed by atoms with Gasteiger partial charge >= 0.3 is 10.2 Å². The molecule has 7 nitrogen and oxygen atoms in total. The highest BCUT2D eigenvalue weighted by Gasteiger charge is 2.15. The van der Waals surface area contributed by atoms with Gasteiger partial charge in [0, 0.05) is 0 Å². The highest BCUT2D eigenvalue weighted by atomic mass is 32.2. The molecule has 0 aliphatic heterocycles. The van der Waals surface area contributed by atoms with Gasteiger partial charge in [-0.2, -0.15) is 13.1 Å². The first kappa shape index (κ1) is 22.2. The lowest BCUT2D eigenvalue weighted by Gasteiger charge is -2.05. The van der Waals surface area contributed by atoms with Crippen LogP contribution in [0.1, 0.15) is 71.1 Å². The Bertz CT molecular complexity index is 552. The maximum atomic E-state index is 11.6. The van der Waals surface area contributed by atoms with Crippen molar-refractivity contribution in [1.29, 1.82) is 0 Å². The van der Waals surface area contributed by atoms with Crippen LogP contribution in [0.25, 0.3) is 0 Å². The van der Waals surface area contributed by atoms with Gasteiger partial charge in [0.15, 0.2) is 9.84 Å². The molecule has 0 saturated carbocycles. The van der Waals surface area contributed by atoms with E-state index in [0.29, 0.717) is 6.42 Å². The number of hydrogen-bond acceptors (Lipinski definition) is 5. The summed E-state index contributed by atoms with van der Waals surface area (Å²) >= 11 is 0. The molecule has 0 aromatic carbocycles. The number of carbonyl (C=O) groups excluding carboxylic acids is 1. The number of sulfone groups is 1. The number of unbranched alkanes of at least 4 members (excludes halogenated alkanes) is 9. The third kappa shape index (κ3) is 14.6. The van der Waals surface area contributed by atoms with E-state index in [9.17, 15) is 21.6 Å². The summed E-state index contributed by atoms with van der Waals surface area (Å²) < 4.78 is 49.6. The lowest BCUT2D eigenvalue weighted by molar-refractivity contribution is 0.555. The van der Waals surface area contributed by atoms with Crippen LogP contribution in [0.4, 0.5) is 0 Å². The molecule has 0 spiro atoms. The van der Waals surface area contributed by atoms with Crippen LogP contribution < -0.4 is 4.72 Å². The minimum absolute atomic E-state index is 0.0726. The summed E-state index contributed by atoms with van der Waals surface area (Å²) in [6.07, 6.45) is 11.8. The summed E-state index contributed by atoms with van der Waals surface area (Å²) in [7, 11) is -7.77. The molecule has 0 heterocycles. The largest absolute Gasteiger partial charge is 0.331 e. The fraction of sp³-hybridized carbons (Fsp3) is 0.929. The Morgan fingerprint density at radius 3 is 1.78 bits per heavy atom. The van der Waals surface area contributed by atoms with Crippen molar-refractivity contribution >= 4 is 26.1 Å². The van der Waals surface area contributed by atoms with Crippen molar-refractivity contribution in [3.63, 3.8) is 0 Å². The SMILES string of the molecule is CCCCCCCCCCCCS(=O)(=O)CNS(=O)(=O)N=C=O. The van der Waals surface area contributed by atoms with Crippen molar-refractivity contribution in [3.8, 4) is 0 Å². The van der Waals surface area contributed by atoms with Crippen molar-refractivity contribution in [2.75, 3.05) is 11.6 Å². The van der Waals surface area contributed by atoms with E-state index in [-0.39, 0.29) is 5.75 Å². The Labute approximate surface area is 140 Å². The Kier molecular flexibility index (Phi) is 12.2. The Hall–Kier alpha value is -0.760. The first-order valence-corrected chi connectivity index (χ1v) is 11.4. The Morgan fingerprint density at radius 1 is 0.826 bits per heavy atom. The van der Waals surface area contributed by atoms with Gasteiger partial charge in [0.05, 0.1) is 5.75 Å². The maximum absolute atomic E-state index is 11.6. The first-order chi connectivity index (χ1) is 10.8. The van der Waals surface area contributed by atoms with Crippen molar-refractivity contribution in [3.05, 3.63) is 0 Å². The van der Waals surface area contributed by atoms with E-state index in [1.165, 1.54) is 38.5 Å². The van der Waals surface area contributed by atoms with E-state index in [1.807, 2.05) is 0 Å². The van der Waals surface area contributed by atoms with Crippen LogP contribution in [0.2, 0.25) is 0 Å². The highest BCUT2D eigenvalue weighted by Crippen LogP contribution is 2.11. The molecule has 0 rings (SSSR count). The topological polar surface area (TPSA) is 110 Å². The lowest BCUT2D eigenvalue weighted by Crippen LogP contribution is -2.29. The van der Waals surface area contributed by atoms with Gasteiger partial charge in [-0.3, -0.25) is 0 Å². The number of nitrogens with one attached hydrogen (secondary N) is 1. The molecule has 0 aliphatic rings. The van der Waals surface area contributed by atoms with Gasteiger partial charge in [-0.15, -0.1) is 0 Å². The third-order valence-electron chi connectivity index (χ3n) is 3.43. The molecule has 0 unspecified atom stereocenters. The number of hydrogen-bond donors (Lipinski definition) is 1. The summed E-state index contributed by atoms with van der Waals surface area (Å²) in [5.41, 5.74) is 0. The highest BCUT2D eigenvalue weighted by molar-refractivity contribution is 7.93. The van der Waals surface area contributed by atoms with Gasteiger partial charge in [-0.25, -0.2) is 13.2 Å². The molecule has 1 N–H and O–H groups in total. The summed E-state index contributed by atoms with van der Waals surface area (Å²) in [4.78, 5) is 9.86. The van der Waals surface area contributed by atoms with E-state index in [2.05, 4.69) is 11.3 Å². The van der Waals surface area contributed by atoms with Gasteiger partial charge < -0.3 is 0 Å². The Balaban J connectivity index is 3.69. The molecule has 136 valence electrons. The van der Waals surface area contributed by atoms with Crippen LogP contribution >= 0.6 is 0 Å². The molecular weight excluding hydrogens is 340 g/mol. The monoisotopic (exact) mass is 368 g/mol. The Morgan fingerprint density at radius 2 is 1.30 bits per heavy atom. The molecule has 0 aliphatic carbocycles. The van der Waals surface area contributed by atoms with Crippen LogP contribution in [0, 0.1) is 0 Å². The standard InChI is InChI=1S/C14H28N2O5S2/c1-2-3-4-5-6-7-8-9-10-11-12-22(18,19)14-16-23(20,21)15-13-17/h16H,2-12,14H2,1H3. The molecule has 23 heavy (non-hydrogen) atoms. The summed E-state index contributed by atoms with van der Waals surface area (Å²) in [6, 6.07) is 0. The van der Waals surface area contributed by atoms with Crippen molar-refractivity contribution in [2.45, 2.75) is 71.1 Å². The van der Waals surface area contributed by atoms with Gasteiger partial charge in [-0.1, -0.05) is 69.1 Å². The van der Waals surface area contributed by atoms with Crippen LogP contribution in [0.15, 0.2) is 4.40 Å². The molecule has 9 heteroatoms. The molecule has 0 saturated heterocycles. The average Bonchev–Trinajstić information content (AvgIpc) is 2.47. The first-order valence-electron chi connectivity index (χ1n) is 8.12. The molecular formula is C14H28N2O5S2. The number of nitrogens with zero attached hydrogens (tertiary/aromatic N) is 1. The molecule has 0 aromatic heterocycles. The summed E-state index contributed by atoms with van der Waals surface area (Å²) in [6.45, 7) is 2.19. The molecule has 0 amide bonds. The lowest BCUT2D eigenvalue weighted by atomic mass is 10.1. The quantitative estimate of drug-likeness (QED) is 0.271. The fourth-order valence-electron chi connectivity index (χ4n) is 2.13. The van der Waals surface area contributed by atoms with Gasteiger partial charge in [0.25, 0.3) is 6.08 Å². The van der Waals surface area contributed by atoms with Crippen LogP contribution in [-0.4, -0.2) is 34.5 Å². The normalized spacial score (nSPS) is 12.0. The average molecular weight is 369 g/mol. The van der Waals surface area contributed by atoms with Gasteiger partial charge in [-0.05, 0) is 6.42 Å². The second kappa shape index (κ2) is 12.6. The zero-order valence-electron chi connectivity index (χ0n) is 13.8. The van der Waals surface area contributed by atoms with E-state index < -0.39 is 25.9 Å². The summed E-state index contributed by atoms with van der Waals surface area (Å²) in [5, 5.41) is 0. The minimum atomic E-state index is -4.24.